The van der Waals surface area contributed by atoms with Crippen LogP contribution in [-0.4, -0.2) is 31.6 Å². The second-order valence-corrected chi connectivity index (χ2v) is 4.12. The maximum atomic E-state index is 5.66. The molecule has 4 heteroatoms. The summed E-state index contributed by atoms with van der Waals surface area (Å²) in [5.41, 5.74) is 0. The summed E-state index contributed by atoms with van der Waals surface area (Å²) in [4.78, 5) is 2.15. The lowest BCUT2D eigenvalue weighted by Crippen LogP contribution is -2.35. The SMILES string of the molecule is CC(CN(C)C)NCc1ccc(Cl)o1. The smallest absolute Gasteiger partial charge is 0.193 e. The Bertz CT molecular complexity index is 273. The Kier molecular flexibility index (Phi) is 4.45. The molecule has 14 heavy (non-hydrogen) atoms. The van der Waals surface area contributed by atoms with Crippen LogP contribution >= 0.6 is 11.6 Å². The number of furan rings is 1. The molecule has 0 fully saturated rings. The van der Waals surface area contributed by atoms with Gasteiger partial charge in [-0.05, 0) is 44.8 Å². The molecular formula is C10H17ClN2O. The minimum Gasteiger partial charge on any atom is -0.448 e. The van der Waals surface area contributed by atoms with Crippen molar-refractivity contribution in [2.45, 2.75) is 19.5 Å². The molecule has 0 aromatic carbocycles. The standard InChI is InChI=1S/C10H17ClN2O/c1-8(7-13(2)3)12-6-9-4-5-10(11)14-9/h4-5,8,12H,6-7H2,1-3H3. The summed E-state index contributed by atoms with van der Waals surface area (Å²) in [6.07, 6.45) is 0. The molecule has 3 nitrogen and oxygen atoms in total. The van der Waals surface area contributed by atoms with Crippen molar-refractivity contribution >= 4 is 11.6 Å². The van der Waals surface area contributed by atoms with Crippen LogP contribution in [0.2, 0.25) is 5.22 Å². The normalized spacial score (nSPS) is 13.5. The molecular weight excluding hydrogens is 200 g/mol. The molecule has 1 N–H and O–H groups in total. The van der Waals surface area contributed by atoms with Crippen LogP contribution in [0.5, 0.6) is 0 Å². The maximum absolute atomic E-state index is 5.66. The van der Waals surface area contributed by atoms with Crippen molar-refractivity contribution in [2.24, 2.45) is 0 Å². The Morgan fingerprint density at radius 2 is 2.21 bits per heavy atom. The van der Waals surface area contributed by atoms with E-state index in [4.69, 9.17) is 16.0 Å². The fraction of sp³-hybridized carbons (Fsp3) is 0.600. The van der Waals surface area contributed by atoms with E-state index in [1.54, 1.807) is 6.07 Å². The van der Waals surface area contributed by atoms with Gasteiger partial charge in [-0.2, -0.15) is 0 Å². The van der Waals surface area contributed by atoms with Gasteiger partial charge in [-0.15, -0.1) is 0 Å². The van der Waals surface area contributed by atoms with E-state index in [1.165, 1.54) is 0 Å². The van der Waals surface area contributed by atoms with Gasteiger partial charge in [-0.1, -0.05) is 0 Å². The first-order valence-electron chi connectivity index (χ1n) is 4.70. The molecule has 0 aliphatic carbocycles. The van der Waals surface area contributed by atoms with Gasteiger partial charge in [0.15, 0.2) is 5.22 Å². The zero-order valence-corrected chi connectivity index (χ0v) is 9.64. The number of rotatable bonds is 5. The zero-order valence-electron chi connectivity index (χ0n) is 8.88. The lowest BCUT2D eigenvalue weighted by molar-refractivity contribution is 0.341. The highest BCUT2D eigenvalue weighted by atomic mass is 35.5. The van der Waals surface area contributed by atoms with Gasteiger partial charge in [0.2, 0.25) is 0 Å². The molecule has 0 saturated carbocycles. The van der Waals surface area contributed by atoms with Crippen molar-refractivity contribution in [1.29, 1.82) is 0 Å². The molecule has 1 aromatic rings. The molecule has 80 valence electrons. The predicted octanol–water partition coefficient (Wildman–Crippen LogP) is 1.97. The summed E-state index contributed by atoms with van der Waals surface area (Å²) in [6.45, 7) is 3.88. The third kappa shape index (κ3) is 4.13. The van der Waals surface area contributed by atoms with Crippen molar-refractivity contribution < 1.29 is 4.42 Å². The molecule has 0 aliphatic rings. The average molecular weight is 217 g/mol. The van der Waals surface area contributed by atoms with Crippen LogP contribution in [0.3, 0.4) is 0 Å². The van der Waals surface area contributed by atoms with E-state index in [0.29, 0.717) is 11.3 Å². The quantitative estimate of drug-likeness (QED) is 0.816. The third-order valence-electron chi connectivity index (χ3n) is 1.89. The van der Waals surface area contributed by atoms with Gasteiger partial charge < -0.3 is 14.6 Å². The highest BCUT2D eigenvalue weighted by Crippen LogP contribution is 2.12. The van der Waals surface area contributed by atoms with Crippen molar-refractivity contribution in [1.82, 2.24) is 10.2 Å². The van der Waals surface area contributed by atoms with E-state index in [1.807, 2.05) is 6.07 Å². The molecule has 1 rings (SSSR count). The lowest BCUT2D eigenvalue weighted by Gasteiger charge is -2.17. The average Bonchev–Trinajstić information content (AvgIpc) is 2.47. The number of hydrogen-bond donors (Lipinski definition) is 1. The minimum atomic E-state index is 0.439. The molecule has 1 atom stereocenters. The number of nitrogens with one attached hydrogen (secondary N) is 1. The summed E-state index contributed by atoms with van der Waals surface area (Å²) in [5, 5.41) is 3.80. The molecule has 0 amide bonds. The predicted molar refractivity (Wildman–Crippen MR) is 58.6 cm³/mol. The molecule has 0 aliphatic heterocycles. The van der Waals surface area contributed by atoms with Crippen LogP contribution in [-0.2, 0) is 6.54 Å². The van der Waals surface area contributed by atoms with Crippen molar-refractivity contribution in [2.75, 3.05) is 20.6 Å². The Morgan fingerprint density at radius 1 is 1.50 bits per heavy atom. The molecule has 0 radical (unpaired) electrons. The molecule has 0 saturated heterocycles. The van der Waals surface area contributed by atoms with E-state index >= 15 is 0 Å². The van der Waals surface area contributed by atoms with Crippen LogP contribution in [0.15, 0.2) is 16.5 Å². The van der Waals surface area contributed by atoms with Gasteiger partial charge in [-0.3, -0.25) is 0 Å². The third-order valence-corrected chi connectivity index (χ3v) is 2.10. The monoisotopic (exact) mass is 216 g/mol. The molecule has 1 aromatic heterocycles. The van der Waals surface area contributed by atoms with Crippen molar-refractivity contribution in [3.63, 3.8) is 0 Å². The van der Waals surface area contributed by atoms with E-state index in [2.05, 4.69) is 31.2 Å². The fourth-order valence-electron chi connectivity index (χ4n) is 1.33. The van der Waals surface area contributed by atoms with Crippen LogP contribution in [0.1, 0.15) is 12.7 Å². The van der Waals surface area contributed by atoms with Crippen LogP contribution in [0.25, 0.3) is 0 Å². The van der Waals surface area contributed by atoms with Gasteiger partial charge in [0.05, 0.1) is 6.54 Å². The van der Waals surface area contributed by atoms with E-state index in [9.17, 15) is 0 Å². The highest BCUT2D eigenvalue weighted by Gasteiger charge is 2.04. The Hall–Kier alpha value is -0.510. The second-order valence-electron chi connectivity index (χ2n) is 3.75. The second kappa shape index (κ2) is 5.39. The van der Waals surface area contributed by atoms with Crippen LogP contribution in [0, 0.1) is 0 Å². The summed E-state index contributed by atoms with van der Waals surface area (Å²) in [6, 6.07) is 4.08. The Balaban J connectivity index is 2.26. The molecule has 1 heterocycles. The lowest BCUT2D eigenvalue weighted by atomic mass is 10.3. The first-order valence-corrected chi connectivity index (χ1v) is 5.08. The number of halogens is 1. The van der Waals surface area contributed by atoms with E-state index < -0.39 is 0 Å². The van der Waals surface area contributed by atoms with Gasteiger partial charge in [-0.25, -0.2) is 0 Å². The zero-order chi connectivity index (χ0) is 10.6. The number of likely N-dealkylation sites (N-methyl/N-ethyl adjacent to an activating group) is 1. The largest absolute Gasteiger partial charge is 0.448 e. The molecule has 0 spiro atoms. The summed E-state index contributed by atoms with van der Waals surface area (Å²) in [5.74, 6) is 0.876. The van der Waals surface area contributed by atoms with Crippen LogP contribution < -0.4 is 5.32 Å². The topological polar surface area (TPSA) is 28.4 Å². The first-order chi connectivity index (χ1) is 6.58. The number of nitrogens with zero attached hydrogens (tertiary/aromatic N) is 1. The van der Waals surface area contributed by atoms with Gasteiger partial charge in [0, 0.05) is 12.6 Å². The fourth-order valence-corrected chi connectivity index (χ4v) is 1.50. The summed E-state index contributed by atoms with van der Waals surface area (Å²) in [7, 11) is 4.11. The van der Waals surface area contributed by atoms with Gasteiger partial charge >= 0.3 is 0 Å². The van der Waals surface area contributed by atoms with Crippen molar-refractivity contribution in [3.8, 4) is 0 Å². The van der Waals surface area contributed by atoms with E-state index in [0.717, 1.165) is 18.8 Å². The van der Waals surface area contributed by atoms with Gasteiger partial charge in [0.25, 0.3) is 0 Å². The highest BCUT2D eigenvalue weighted by molar-refractivity contribution is 6.28. The van der Waals surface area contributed by atoms with Crippen LogP contribution in [0.4, 0.5) is 0 Å². The van der Waals surface area contributed by atoms with E-state index in [-0.39, 0.29) is 0 Å². The minimum absolute atomic E-state index is 0.439. The van der Waals surface area contributed by atoms with Gasteiger partial charge in [0.1, 0.15) is 5.76 Å². The summed E-state index contributed by atoms with van der Waals surface area (Å²) < 4.78 is 5.23. The first kappa shape index (κ1) is 11.6. The Labute approximate surface area is 90.0 Å². The van der Waals surface area contributed by atoms with Crippen molar-refractivity contribution in [3.05, 3.63) is 23.1 Å². The Morgan fingerprint density at radius 3 is 2.71 bits per heavy atom. The summed E-state index contributed by atoms with van der Waals surface area (Å²) >= 11 is 5.66. The number of hydrogen-bond acceptors (Lipinski definition) is 3. The maximum Gasteiger partial charge on any atom is 0.193 e. The molecule has 0 bridgehead atoms. The molecule has 1 unspecified atom stereocenters.